The molecular weight excluding hydrogens is 272 g/mol. The maximum Gasteiger partial charge on any atom is 0.315 e. The van der Waals surface area contributed by atoms with Gasteiger partial charge in [0, 0.05) is 17.8 Å². The number of rotatable bonds is 5. The van der Waals surface area contributed by atoms with Gasteiger partial charge in [0.15, 0.2) is 5.82 Å². The van der Waals surface area contributed by atoms with Crippen molar-refractivity contribution in [2.45, 2.75) is 20.4 Å². The molecule has 7 nitrogen and oxygen atoms in total. The van der Waals surface area contributed by atoms with Gasteiger partial charge in [0.1, 0.15) is 12.2 Å². The van der Waals surface area contributed by atoms with Gasteiger partial charge in [-0.1, -0.05) is 12.1 Å². The molecule has 1 aromatic carbocycles. The summed E-state index contributed by atoms with van der Waals surface area (Å²) < 4.78 is 1.88. The predicted octanol–water partition coefficient (Wildman–Crippen LogP) is 1.62. The van der Waals surface area contributed by atoms with Gasteiger partial charge < -0.3 is 15.0 Å². The second kappa shape index (κ2) is 6.17. The molecule has 0 aliphatic heterocycles. The lowest BCUT2D eigenvalue weighted by Gasteiger charge is -2.10. The van der Waals surface area contributed by atoms with Crippen molar-refractivity contribution < 1.29 is 14.7 Å². The SMILES string of the molecule is CCn1cnnc1-c1cccc(NC(=O)C(C)C(=O)O)c1. The first kappa shape index (κ1) is 14.7. The van der Waals surface area contributed by atoms with E-state index in [2.05, 4.69) is 15.5 Å². The molecule has 1 heterocycles. The molecule has 1 unspecified atom stereocenters. The van der Waals surface area contributed by atoms with Crippen LogP contribution in [-0.2, 0) is 16.1 Å². The van der Waals surface area contributed by atoms with Crippen molar-refractivity contribution in [1.82, 2.24) is 14.8 Å². The largest absolute Gasteiger partial charge is 0.481 e. The van der Waals surface area contributed by atoms with E-state index in [1.54, 1.807) is 24.5 Å². The Morgan fingerprint density at radius 1 is 1.43 bits per heavy atom. The molecule has 0 saturated carbocycles. The van der Waals surface area contributed by atoms with Crippen molar-refractivity contribution in [1.29, 1.82) is 0 Å². The van der Waals surface area contributed by atoms with Crippen LogP contribution in [0.1, 0.15) is 13.8 Å². The summed E-state index contributed by atoms with van der Waals surface area (Å²) in [4.78, 5) is 22.5. The summed E-state index contributed by atoms with van der Waals surface area (Å²) in [6.45, 7) is 4.05. The zero-order valence-corrected chi connectivity index (χ0v) is 11.8. The highest BCUT2D eigenvalue weighted by molar-refractivity contribution is 6.04. The first-order chi connectivity index (χ1) is 10.0. The summed E-state index contributed by atoms with van der Waals surface area (Å²) in [5, 5.41) is 19.3. The van der Waals surface area contributed by atoms with Crippen molar-refractivity contribution >= 4 is 17.6 Å². The average Bonchev–Trinajstić information content (AvgIpc) is 2.95. The summed E-state index contributed by atoms with van der Waals surface area (Å²) in [7, 11) is 0. The molecule has 21 heavy (non-hydrogen) atoms. The number of nitrogens with one attached hydrogen (secondary N) is 1. The maximum atomic E-state index is 11.7. The van der Waals surface area contributed by atoms with Gasteiger partial charge in [-0.05, 0) is 26.0 Å². The van der Waals surface area contributed by atoms with Crippen molar-refractivity contribution in [3.63, 3.8) is 0 Å². The van der Waals surface area contributed by atoms with Crippen LogP contribution in [0, 0.1) is 5.92 Å². The van der Waals surface area contributed by atoms with Crippen molar-refractivity contribution in [2.24, 2.45) is 5.92 Å². The fraction of sp³-hybridized carbons (Fsp3) is 0.286. The van der Waals surface area contributed by atoms with Crippen LogP contribution in [0.3, 0.4) is 0 Å². The highest BCUT2D eigenvalue weighted by atomic mass is 16.4. The van der Waals surface area contributed by atoms with E-state index < -0.39 is 17.8 Å². The van der Waals surface area contributed by atoms with Gasteiger partial charge in [-0.2, -0.15) is 0 Å². The Hall–Kier alpha value is -2.70. The first-order valence-electron chi connectivity index (χ1n) is 6.54. The van der Waals surface area contributed by atoms with E-state index in [1.807, 2.05) is 17.6 Å². The monoisotopic (exact) mass is 288 g/mol. The van der Waals surface area contributed by atoms with Crippen LogP contribution in [0.25, 0.3) is 11.4 Å². The molecule has 1 amide bonds. The fourth-order valence-electron chi connectivity index (χ4n) is 1.81. The molecule has 2 rings (SSSR count). The number of carboxylic acids is 1. The van der Waals surface area contributed by atoms with E-state index in [9.17, 15) is 9.59 Å². The van der Waals surface area contributed by atoms with Crippen LogP contribution in [0.4, 0.5) is 5.69 Å². The molecule has 0 aliphatic carbocycles. The third kappa shape index (κ3) is 3.25. The van der Waals surface area contributed by atoms with Crippen molar-refractivity contribution in [3.05, 3.63) is 30.6 Å². The van der Waals surface area contributed by atoms with Crippen molar-refractivity contribution in [3.8, 4) is 11.4 Å². The van der Waals surface area contributed by atoms with Crippen molar-refractivity contribution in [2.75, 3.05) is 5.32 Å². The standard InChI is InChI=1S/C14H16N4O3/c1-3-18-8-15-17-12(18)10-5-4-6-11(7-10)16-13(19)9(2)14(20)21/h4-9H,3H2,1-2H3,(H,16,19)(H,20,21). The van der Waals surface area contributed by atoms with E-state index in [0.717, 1.165) is 12.1 Å². The summed E-state index contributed by atoms with van der Waals surface area (Å²) in [6.07, 6.45) is 1.63. The lowest BCUT2D eigenvalue weighted by Crippen LogP contribution is -2.26. The quantitative estimate of drug-likeness (QED) is 0.815. The van der Waals surface area contributed by atoms with E-state index in [0.29, 0.717) is 11.5 Å². The molecule has 0 spiro atoms. The Labute approximate surface area is 121 Å². The Balaban J connectivity index is 2.22. The number of benzene rings is 1. The highest BCUT2D eigenvalue weighted by Gasteiger charge is 2.20. The zero-order chi connectivity index (χ0) is 15.4. The van der Waals surface area contributed by atoms with E-state index in [4.69, 9.17) is 5.11 Å². The fourth-order valence-corrected chi connectivity index (χ4v) is 1.81. The predicted molar refractivity (Wildman–Crippen MR) is 76.6 cm³/mol. The summed E-state index contributed by atoms with van der Waals surface area (Å²) in [5.74, 6) is -2.13. The van der Waals surface area contributed by atoms with Crippen LogP contribution in [0.5, 0.6) is 0 Å². The van der Waals surface area contributed by atoms with Gasteiger partial charge in [-0.3, -0.25) is 9.59 Å². The average molecular weight is 288 g/mol. The number of amides is 1. The molecule has 2 N–H and O–H groups in total. The second-order valence-corrected chi connectivity index (χ2v) is 4.57. The van der Waals surface area contributed by atoms with Gasteiger partial charge in [-0.15, -0.1) is 10.2 Å². The summed E-state index contributed by atoms with van der Waals surface area (Å²) in [5.41, 5.74) is 1.33. The number of aliphatic carboxylic acids is 1. The molecule has 1 atom stereocenters. The molecule has 0 bridgehead atoms. The smallest absolute Gasteiger partial charge is 0.315 e. The molecule has 2 aromatic rings. The minimum atomic E-state index is -1.16. The number of hydrogen-bond acceptors (Lipinski definition) is 4. The zero-order valence-electron chi connectivity index (χ0n) is 11.8. The van der Waals surface area contributed by atoms with Gasteiger partial charge in [0.05, 0.1) is 0 Å². The Bertz CT molecular complexity index is 666. The molecule has 0 saturated heterocycles. The number of hydrogen-bond donors (Lipinski definition) is 2. The molecule has 110 valence electrons. The lowest BCUT2D eigenvalue weighted by atomic mass is 10.1. The number of anilines is 1. The van der Waals surface area contributed by atoms with Crippen LogP contribution in [0.15, 0.2) is 30.6 Å². The molecule has 0 aliphatic rings. The Morgan fingerprint density at radius 3 is 2.86 bits per heavy atom. The van der Waals surface area contributed by atoms with Gasteiger partial charge in [0.2, 0.25) is 5.91 Å². The normalized spacial score (nSPS) is 11.9. The number of carbonyl (C=O) groups is 2. The number of aromatic nitrogens is 3. The maximum absolute atomic E-state index is 11.7. The molecule has 1 aromatic heterocycles. The third-order valence-electron chi connectivity index (χ3n) is 3.11. The van der Waals surface area contributed by atoms with Crippen LogP contribution in [-0.4, -0.2) is 31.7 Å². The topological polar surface area (TPSA) is 97.1 Å². The Morgan fingerprint density at radius 2 is 2.19 bits per heavy atom. The van der Waals surface area contributed by atoms with Crippen LogP contribution < -0.4 is 5.32 Å². The van der Waals surface area contributed by atoms with Gasteiger partial charge in [-0.25, -0.2) is 0 Å². The lowest BCUT2D eigenvalue weighted by molar-refractivity contribution is -0.144. The molecule has 0 fully saturated rings. The van der Waals surface area contributed by atoms with Gasteiger partial charge in [0.25, 0.3) is 0 Å². The highest BCUT2D eigenvalue weighted by Crippen LogP contribution is 2.21. The summed E-state index contributed by atoms with van der Waals surface area (Å²) >= 11 is 0. The molecule has 0 radical (unpaired) electrons. The third-order valence-corrected chi connectivity index (χ3v) is 3.11. The summed E-state index contributed by atoms with van der Waals surface area (Å²) in [6, 6.07) is 7.06. The van der Waals surface area contributed by atoms with Gasteiger partial charge >= 0.3 is 5.97 Å². The Kier molecular flexibility index (Phi) is 4.32. The number of carboxylic acid groups (broad SMARTS) is 1. The number of nitrogens with zero attached hydrogens (tertiary/aromatic N) is 3. The van der Waals surface area contributed by atoms with E-state index >= 15 is 0 Å². The minimum Gasteiger partial charge on any atom is -0.481 e. The van der Waals surface area contributed by atoms with Crippen LogP contribution in [0.2, 0.25) is 0 Å². The number of aryl methyl sites for hydroxylation is 1. The van der Waals surface area contributed by atoms with Crippen LogP contribution >= 0.6 is 0 Å². The minimum absolute atomic E-state index is 0.524. The van der Waals surface area contributed by atoms with E-state index in [1.165, 1.54) is 6.92 Å². The molecule has 7 heteroatoms. The molecular formula is C14H16N4O3. The number of carbonyl (C=O) groups excluding carboxylic acids is 1. The second-order valence-electron chi connectivity index (χ2n) is 4.57. The first-order valence-corrected chi connectivity index (χ1v) is 6.54. The van der Waals surface area contributed by atoms with E-state index in [-0.39, 0.29) is 0 Å².